The Morgan fingerprint density at radius 3 is 2.92 bits per heavy atom. The normalized spacial score (nSPS) is 15.0. The topological polar surface area (TPSA) is 139 Å². The fraction of sp³-hybridized carbons (Fsp3) is 0.308. The van der Waals surface area contributed by atoms with Crippen molar-refractivity contribution in [2.24, 2.45) is 5.10 Å². The predicted octanol–water partition coefficient (Wildman–Crippen LogP) is 4.02. The number of halogens is 2. The Balaban J connectivity index is 1.49. The van der Waals surface area contributed by atoms with E-state index in [0.29, 0.717) is 11.0 Å². The smallest absolute Gasteiger partial charge is 0.406 e. The third-order valence-electron chi connectivity index (χ3n) is 5.71. The summed E-state index contributed by atoms with van der Waals surface area (Å²) in [6.07, 6.45) is 11.0. The second-order valence-electron chi connectivity index (χ2n) is 8.45. The highest BCUT2D eigenvalue weighted by Gasteiger charge is 2.21. The highest BCUT2D eigenvalue weighted by molar-refractivity contribution is 7.99. The van der Waals surface area contributed by atoms with Crippen molar-refractivity contribution >= 4 is 29.8 Å². The molecule has 1 aliphatic rings. The van der Waals surface area contributed by atoms with Gasteiger partial charge in [-0.1, -0.05) is 23.9 Å². The number of rotatable bonds is 12. The minimum absolute atomic E-state index is 0.0146. The molecule has 0 aliphatic heterocycles. The van der Waals surface area contributed by atoms with Crippen LogP contribution in [0.4, 0.5) is 13.6 Å². The van der Waals surface area contributed by atoms with Gasteiger partial charge < -0.3 is 25.6 Å². The van der Waals surface area contributed by atoms with Gasteiger partial charge >= 0.3 is 6.09 Å². The van der Waals surface area contributed by atoms with Crippen LogP contribution in [0.3, 0.4) is 0 Å². The summed E-state index contributed by atoms with van der Waals surface area (Å²) >= 11 is 1.57. The molecular formula is C26H28F2N8O3S. The summed E-state index contributed by atoms with van der Waals surface area (Å²) in [5.41, 5.74) is 2.88. The third-order valence-corrected chi connectivity index (χ3v) is 6.88. The lowest BCUT2D eigenvalue weighted by molar-refractivity contribution is 0.149. The lowest BCUT2D eigenvalue weighted by atomic mass is 10.1. The minimum atomic E-state index is -0.844. The second-order valence-corrected chi connectivity index (χ2v) is 9.65. The summed E-state index contributed by atoms with van der Waals surface area (Å²) in [7, 11) is 1.42. The van der Waals surface area contributed by atoms with Crippen molar-refractivity contribution < 1.29 is 23.0 Å². The van der Waals surface area contributed by atoms with Crippen molar-refractivity contribution in [1.82, 2.24) is 30.5 Å². The highest BCUT2D eigenvalue weighted by Crippen LogP contribution is 2.31. The maximum atomic E-state index is 15.0. The van der Waals surface area contributed by atoms with Gasteiger partial charge in [-0.3, -0.25) is 9.55 Å². The van der Waals surface area contributed by atoms with Crippen LogP contribution in [0.5, 0.6) is 5.75 Å². The number of nitrogens with zero attached hydrogens (tertiary/aromatic N) is 5. The summed E-state index contributed by atoms with van der Waals surface area (Å²) in [4.78, 5) is 15.2. The lowest BCUT2D eigenvalue weighted by Gasteiger charge is -2.16. The number of carbonyl (C=O) groups is 1. The average Bonchev–Trinajstić information content (AvgIpc) is 3.38. The van der Waals surface area contributed by atoms with E-state index in [1.165, 1.54) is 7.05 Å². The van der Waals surface area contributed by atoms with E-state index in [2.05, 4.69) is 43.2 Å². The van der Waals surface area contributed by atoms with Crippen LogP contribution in [-0.2, 0) is 11.3 Å². The number of hydrogen-bond acceptors (Lipinski definition) is 10. The van der Waals surface area contributed by atoms with Gasteiger partial charge in [0.1, 0.15) is 24.7 Å². The molecule has 0 saturated carbocycles. The largest absolute Gasteiger partial charge is 0.482 e. The maximum absolute atomic E-state index is 15.0. The number of allylic oxidation sites excluding steroid dienone is 1. The number of nitrogens with one attached hydrogen (secondary N) is 3. The molecule has 1 aliphatic carbocycles. The molecule has 0 spiro atoms. The van der Waals surface area contributed by atoms with Crippen LogP contribution >= 0.6 is 11.8 Å². The number of amides is 1. The van der Waals surface area contributed by atoms with Gasteiger partial charge in [-0.2, -0.15) is 5.10 Å². The second kappa shape index (κ2) is 14.2. The number of alkyl carbamates (subject to hydrolysis) is 1. The zero-order chi connectivity index (χ0) is 28.3. The highest BCUT2D eigenvalue weighted by atomic mass is 32.2. The number of hydrazone groups is 1. The maximum Gasteiger partial charge on any atom is 0.406 e. The first-order valence-corrected chi connectivity index (χ1v) is 13.3. The number of carbonyl (C=O) groups excluding carboxylic acids is 1. The Hall–Kier alpha value is -4.33. The van der Waals surface area contributed by atoms with Gasteiger partial charge in [0.2, 0.25) is 0 Å². The van der Waals surface area contributed by atoms with E-state index in [9.17, 15) is 13.6 Å². The van der Waals surface area contributed by atoms with E-state index < -0.39 is 17.7 Å². The molecule has 4 rings (SSSR count). The van der Waals surface area contributed by atoms with Crippen molar-refractivity contribution in [3.63, 3.8) is 0 Å². The first kappa shape index (κ1) is 28.7. The van der Waals surface area contributed by atoms with E-state index in [4.69, 9.17) is 14.9 Å². The van der Waals surface area contributed by atoms with Crippen LogP contribution < -0.4 is 15.5 Å². The zero-order valence-electron chi connectivity index (χ0n) is 21.6. The first-order valence-electron chi connectivity index (χ1n) is 12.5. The molecule has 0 bridgehead atoms. The van der Waals surface area contributed by atoms with Gasteiger partial charge in [0.05, 0.1) is 18.4 Å². The molecule has 3 aromatic rings. The zero-order valence-corrected chi connectivity index (χ0v) is 22.5. The summed E-state index contributed by atoms with van der Waals surface area (Å²) in [6, 6.07) is 5.44. The summed E-state index contributed by atoms with van der Waals surface area (Å²) in [5, 5.41) is 23.2. The number of benzene rings is 1. The van der Waals surface area contributed by atoms with Crippen LogP contribution in [0.25, 0.3) is 5.69 Å². The molecule has 0 fully saturated rings. The van der Waals surface area contributed by atoms with Crippen LogP contribution in [0.15, 0.2) is 59.1 Å². The number of thioether (sulfide) groups is 1. The third kappa shape index (κ3) is 7.40. The molecule has 3 N–H and O–H groups in total. The fourth-order valence-electron chi connectivity index (χ4n) is 3.78. The molecule has 1 amide bonds. The van der Waals surface area contributed by atoms with E-state index in [0.717, 1.165) is 43.3 Å². The van der Waals surface area contributed by atoms with E-state index in [-0.39, 0.29) is 42.0 Å². The first-order chi connectivity index (χ1) is 19.5. The van der Waals surface area contributed by atoms with Crippen molar-refractivity contribution in [2.45, 2.75) is 36.3 Å². The van der Waals surface area contributed by atoms with Crippen LogP contribution in [0, 0.1) is 17.0 Å². The molecule has 0 unspecified atom stereocenters. The molecule has 0 radical (unpaired) electrons. The Kier molecular flexibility index (Phi) is 10.2. The lowest BCUT2D eigenvalue weighted by Crippen LogP contribution is -2.24. The summed E-state index contributed by atoms with van der Waals surface area (Å²) in [5.74, 6) is -1.62. The van der Waals surface area contributed by atoms with Gasteiger partial charge in [-0.15, -0.1) is 10.2 Å². The van der Waals surface area contributed by atoms with Gasteiger partial charge in [0.25, 0.3) is 0 Å². The van der Waals surface area contributed by atoms with Gasteiger partial charge in [-0.05, 0) is 37.5 Å². The fourth-order valence-corrected chi connectivity index (χ4v) is 4.93. The van der Waals surface area contributed by atoms with Crippen molar-refractivity contribution in [2.75, 3.05) is 20.2 Å². The number of hydrogen-bond donors (Lipinski definition) is 3. The monoisotopic (exact) mass is 570 g/mol. The SMILES string of the molecule is CNC(=O)OCCN/N=C(\C=N)c1cc(F)c(OCc2nnc(S[C@H]3C=CCCC3)n2-c2cccnc2)cc1F. The minimum Gasteiger partial charge on any atom is -0.482 e. The summed E-state index contributed by atoms with van der Waals surface area (Å²) in [6.45, 7) is -0.0959. The van der Waals surface area contributed by atoms with Crippen LogP contribution in [0.2, 0.25) is 0 Å². The van der Waals surface area contributed by atoms with Crippen LogP contribution in [-0.4, -0.2) is 63.2 Å². The van der Waals surface area contributed by atoms with Gasteiger partial charge in [-0.25, -0.2) is 13.6 Å². The van der Waals surface area contributed by atoms with Crippen LogP contribution in [0.1, 0.15) is 30.7 Å². The molecule has 0 saturated heterocycles. The van der Waals surface area contributed by atoms with Gasteiger partial charge in [0, 0.05) is 36.3 Å². The number of ether oxygens (including phenoxy) is 2. The molecule has 11 nitrogen and oxygen atoms in total. The van der Waals surface area contributed by atoms with Crippen molar-refractivity contribution in [3.8, 4) is 11.4 Å². The van der Waals surface area contributed by atoms with Crippen molar-refractivity contribution in [3.05, 3.63) is 71.8 Å². The Morgan fingerprint density at radius 2 is 2.20 bits per heavy atom. The predicted molar refractivity (Wildman–Crippen MR) is 146 cm³/mol. The average molecular weight is 571 g/mol. The quantitative estimate of drug-likeness (QED) is 0.128. The van der Waals surface area contributed by atoms with Crippen molar-refractivity contribution in [1.29, 1.82) is 5.41 Å². The van der Waals surface area contributed by atoms with E-state index in [1.54, 1.807) is 34.8 Å². The molecule has 1 aromatic carbocycles. The standard InChI is InChI=1S/C26H28F2N8O3S/c1-30-26(37)38-11-10-32-33-22(14-29)19-12-21(28)23(13-20(19)27)39-16-24-34-35-25(40-18-7-3-2-4-8-18)36(24)17-6-5-9-31-15-17/h3,5-7,9,12-15,18,29,32H,2,4,8,10-11,16H2,1H3,(H,30,37)/b29-14?,33-22+/t18-/m0/s1. The van der Waals surface area contributed by atoms with Gasteiger partial charge in [0.15, 0.2) is 22.5 Å². The molecule has 210 valence electrons. The Labute approximate surface area is 233 Å². The summed E-state index contributed by atoms with van der Waals surface area (Å²) < 4.78 is 42.1. The van der Waals surface area contributed by atoms with E-state index in [1.807, 2.05) is 6.07 Å². The molecule has 2 aromatic heterocycles. The van der Waals surface area contributed by atoms with E-state index >= 15 is 0 Å². The Morgan fingerprint density at radius 1 is 1.32 bits per heavy atom. The number of aromatic nitrogens is 4. The molecule has 2 heterocycles. The molecular weight excluding hydrogens is 542 g/mol. The molecule has 14 heteroatoms. The molecule has 1 atom stereocenters. The molecule has 40 heavy (non-hydrogen) atoms. The number of pyridine rings is 1. The Bertz CT molecular complexity index is 1380.